The van der Waals surface area contributed by atoms with Crippen LogP contribution in [0.2, 0.25) is 0 Å². The fourth-order valence-electron chi connectivity index (χ4n) is 2.05. The predicted octanol–water partition coefficient (Wildman–Crippen LogP) is 2.01. The number of aromatic nitrogens is 2. The zero-order valence-electron chi connectivity index (χ0n) is 9.19. The van der Waals surface area contributed by atoms with Crippen molar-refractivity contribution in [1.29, 1.82) is 0 Å². The molecule has 0 N–H and O–H groups in total. The van der Waals surface area contributed by atoms with Gasteiger partial charge in [-0.1, -0.05) is 0 Å². The molecule has 84 valence electrons. The third kappa shape index (κ3) is 3.21. The van der Waals surface area contributed by atoms with Crippen LogP contribution in [-0.4, -0.2) is 33.1 Å². The topological polar surface area (TPSA) is 21.1 Å². The molecule has 1 aromatic heterocycles. The van der Waals surface area contributed by atoms with Gasteiger partial charge in [0.05, 0.1) is 5.69 Å². The van der Waals surface area contributed by atoms with Gasteiger partial charge in [0.25, 0.3) is 0 Å². The molecule has 1 aromatic rings. The molecule has 0 aromatic carbocycles. The summed E-state index contributed by atoms with van der Waals surface area (Å²) in [5, 5.41) is 4.77. The van der Waals surface area contributed by atoms with Crippen molar-refractivity contribution in [2.24, 2.45) is 7.05 Å². The normalized spacial score (nSPS) is 24.0. The Labute approximate surface area is 96.0 Å². The smallest absolute Gasteiger partial charge is 0.0764 e. The van der Waals surface area contributed by atoms with Gasteiger partial charge in [-0.3, -0.25) is 9.58 Å². The summed E-state index contributed by atoms with van der Waals surface area (Å²) in [5.41, 5.74) is 1.16. The second-order valence-electron chi connectivity index (χ2n) is 4.29. The van der Waals surface area contributed by atoms with Gasteiger partial charge in [-0.15, -0.1) is 11.6 Å². The predicted molar refractivity (Wildman–Crippen MR) is 62.0 cm³/mol. The average molecular weight is 228 g/mol. The van der Waals surface area contributed by atoms with Crippen molar-refractivity contribution >= 4 is 11.6 Å². The van der Waals surface area contributed by atoms with Gasteiger partial charge < -0.3 is 0 Å². The van der Waals surface area contributed by atoms with E-state index in [2.05, 4.69) is 16.1 Å². The van der Waals surface area contributed by atoms with Crippen LogP contribution in [0.4, 0.5) is 0 Å². The minimum Gasteiger partial charge on any atom is -0.297 e. The maximum atomic E-state index is 6.15. The molecule has 1 aliphatic rings. The first-order chi connectivity index (χ1) is 7.24. The third-order valence-corrected chi connectivity index (χ3v) is 3.34. The molecule has 0 amide bonds. The van der Waals surface area contributed by atoms with E-state index in [0.29, 0.717) is 5.38 Å². The number of nitrogens with zero attached hydrogens (tertiary/aromatic N) is 3. The molecule has 2 rings (SSSR count). The summed E-state index contributed by atoms with van der Waals surface area (Å²) in [6.45, 7) is 3.22. The van der Waals surface area contributed by atoms with E-state index in [1.54, 1.807) is 0 Å². The van der Waals surface area contributed by atoms with Crippen molar-refractivity contribution in [3.63, 3.8) is 0 Å². The first-order valence-electron chi connectivity index (χ1n) is 5.59. The number of rotatable bonds is 2. The summed E-state index contributed by atoms with van der Waals surface area (Å²) in [5.74, 6) is 0. The van der Waals surface area contributed by atoms with E-state index in [4.69, 9.17) is 11.6 Å². The molecule has 0 aliphatic carbocycles. The Hall–Kier alpha value is -0.540. The monoisotopic (exact) mass is 227 g/mol. The third-order valence-electron chi connectivity index (χ3n) is 2.90. The first-order valence-corrected chi connectivity index (χ1v) is 6.02. The van der Waals surface area contributed by atoms with E-state index in [0.717, 1.165) is 38.2 Å². The molecule has 0 spiro atoms. The summed E-state index contributed by atoms with van der Waals surface area (Å²) in [7, 11) is 1.96. The van der Waals surface area contributed by atoms with E-state index < -0.39 is 0 Å². The van der Waals surface area contributed by atoms with Gasteiger partial charge in [-0.2, -0.15) is 5.10 Å². The van der Waals surface area contributed by atoms with Gasteiger partial charge in [0.15, 0.2) is 0 Å². The molecule has 0 radical (unpaired) electrons. The molecular formula is C11H18ClN3. The number of alkyl halides is 1. The number of hydrogen-bond acceptors (Lipinski definition) is 2. The first kappa shape index (κ1) is 11.0. The van der Waals surface area contributed by atoms with Crippen molar-refractivity contribution in [2.45, 2.75) is 31.2 Å². The highest BCUT2D eigenvalue weighted by molar-refractivity contribution is 6.20. The van der Waals surface area contributed by atoms with Gasteiger partial charge in [-0.05, 0) is 38.4 Å². The zero-order valence-corrected chi connectivity index (χ0v) is 9.95. The fraction of sp³-hybridized carbons (Fsp3) is 0.727. The maximum Gasteiger partial charge on any atom is 0.0764 e. The molecule has 15 heavy (non-hydrogen) atoms. The Morgan fingerprint density at radius 1 is 1.47 bits per heavy atom. The Morgan fingerprint density at radius 3 is 3.07 bits per heavy atom. The highest BCUT2D eigenvalue weighted by Gasteiger charge is 2.15. The van der Waals surface area contributed by atoms with Crippen LogP contribution in [0, 0.1) is 0 Å². The molecule has 4 heteroatoms. The van der Waals surface area contributed by atoms with E-state index in [9.17, 15) is 0 Å². The Morgan fingerprint density at radius 2 is 2.33 bits per heavy atom. The maximum absolute atomic E-state index is 6.15. The minimum atomic E-state index is 0.374. The molecule has 0 saturated carbocycles. The van der Waals surface area contributed by atoms with Gasteiger partial charge >= 0.3 is 0 Å². The average Bonchev–Trinajstić information content (AvgIpc) is 2.48. The van der Waals surface area contributed by atoms with Crippen LogP contribution in [0.25, 0.3) is 0 Å². The second-order valence-corrected chi connectivity index (χ2v) is 4.90. The summed E-state index contributed by atoms with van der Waals surface area (Å²) < 4.78 is 1.86. The molecule has 1 fully saturated rings. The van der Waals surface area contributed by atoms with Gasteiger partial charge in [0.1, 0.15) is 0 Å². The lowest BCUT2D eigenvalue weighted by atomic mass is 10.2. The summed E-state index contributed by atoms with van der Waals surface area (Å²) in [4.78, 5) is 2.45. The molecule has 1 aliphatic heterocycles. The van der Waals surface area contributed by atoms with E-state index >= 15 is 0 Å². The molecule has 0 bridgehead atoms. The van der Waals surface area contributed by atoms with Crippen molar-refractivity contribution in [1.82, 2.24) is 14.7 Å². The van der Waals surface area contributed by atoms with Crippen molar-refractivity contribution in [2.75, 3.05) is 13.1 Å². The van der Waals surface area contributed by atoms with Gasteiger partial charge in [-0.25, -0.2) is 0 Å². The van der Waals surface area contributed by atoms with E-state index in [-0.39, 0.29) is 0 Å². The minimum absolute atomic E-state index is 0.374. The SMILES string of the molecule is Cn1ccc(CN2CCCC(Cl)CC2)n1. The largest absolute Gasteiger partial charge is 0.297 e. The lowest BCUT2D eigenvalue weighted by molar-refractivity contribution is 0.273. The highest BCUT2D eigenvalue weighted by Crippen LogP contribution is 2.17. The van der Waals surface area contributed by atoms with Crippen LogP contribution >= 0.6 is 11.6 Å². The van der Waals surface area contributed by atoms with Gasteiger partial charge in [0, 0.05) is 25.2 Å². The standard InChI is InChI=1S/C11H18ClN3/c1-14-7-5-11(13-14)9-15-6-2-3-10(12)4-8-15/h5,7,10H,2-4,6,8-9H2,1H3. The van der Waals surface area contributed by atoms with E-state index in [1.807, 2.05) is 17.9 Å². The van der Waals surface area contributed by atoms with Crippen LogP contribution in [-0.2, 0) is 13.6 Å². The number of likely N-dealkylation sites (tertiary alicyclic amines) is 1. The van der Waals surface area contributed by atoms with Crippen LogP contribution in [0.5, 0.6) is 0 Å². The van der Waals surface area contributed by atoms with Crippen LogP contribution in [0.3, 0.4) is 0 Å². The molecule has 1 unspecified atom stereocenters. The number of halogens is 1. The summed E-state index contributed by atoms with van der Waals surface area (Å²) >= 11 is 6.15. The van der Waals surface area contributed by atoms with Crippen LogP contribution < -0.4 is 0 Å². The zero-order chi connectivity index (χ0) is 10.7. The van der Waals surface area contributed by atoms with E-state index in [1.165, 1.54) is 6.42 Å². The van der Waals surface area contributed by atoms with Gasteiger partial charge in [0.2, 0.25) is 0 Å². The number of hydrogen-bond donors (Lipinski definition) is 0. The summed E-state index contributed by atoms with van der Waals surface area (Å²) in [6, 6.07) is 2.09. The lowest BCUT2D eigenvalue weighted by Gasteiger charge is -2.18. The highest BCUT2D eigenvalue weighted by atomic mass is 35.5. The lowest BCUT2D eigenvalue weighted by Crippen LogP contribution is -2.24. The van der Waals surface area contributed by atoms with Crippen LogP contribution in [0.1, 0.15) is 25.0 Å². The second kappa shape index (κ2) is 4.99. The molecule has 3 nitrogen and oxygen atoms in total. The van der Waals surface area contributed by atoms with Crippen molar-refractivity contribution in [3.05, 3.63) is 18.0 Å². The summed E-state index contributed by atoms with van der Waals surface area (Å²) in [6.07, 6.45) is 5.47. The molecule has 2 heterocycles. The fourth-order valence-corrected chi connectivity index (χ4v) is 2.30. The van der Waals surface area contributed by atoms with Crippen LogP contribution in [0.15, 0.2) is 12.3 Å². The van der Waals surface area contributed by atoms with Crippen molar-refractivity contribution in [3.8, 4) is 0 Å². The Balaban J connectivity index is 1.88. The molecular weight excluding hydrogens is 210 g/mol. The molecule has 1 atom stereocenters. The quantitative estimate of drug-likeness (QED) is 0.721. The Bertz CT molecular complexity index is 311. The molecule has 1 saturated heterocycles. The van der Waals surface area contributed by atoms with Crippen molar-refractivity contribution < 1.29 is 0 Å². The Kier molecular flexibility index (Phi) is 3.65. The number of aryl methyl sites for hydroxylation is 1.